The van der Waals surface area contributed by atoms with E-state index in [0.29, 0.717) is 16.4 Å². The highest BCUT2D eigenvalue weighted by Crippen LogP contribution is 2.38. The first kappa shape index (κ1) is 26.4. The van der Waals surface area contributed by atoms with E-state index in [2.05, 4.69) is 5.32 Å². The van der Waals surface area contributed by atoms with E-state index in [0.717, 1.165) is 37.8 Å². The number of carbonyl (C=O) groups is 2. The average molecular weight is 533 g/mol. The maximum atomic E-state index is 13.4. The van der Waals surface area contributed by atoms with Crippen LogP contribution in [0.25, 0.3) is 21.0 Å². The lowest BCUT2D eigenvalue weighted by Crippen LogP contribution is -2.26. The second kappa shape index (κ2) is 10.8. The highest BCUT2D eigenvalue weighted by molar-refractivity contribution is 8.01. The van der Waals surface area contributed by atoms with E-state index in [4.69, 9.17) is 9.72 Å². The molecule has 1 heterocycles. The molecule has 37 heavy (non-hydrogen) atoms. The van der Waals surface area contributed by atoms with Crippen molar-refractivity contribution in [1.82, 2.24) is 4.98 Å². The maximum Gasteiger partial charge on any atom is 0.319 e. The molecule has 0 radical (unpaired) electrons. The molecule has 4 rings (SSSR count). The van der Waals surface area contributed by atoms with Crippen molar-refractivity contribution in [1.29, 1.82) is 0 Å². The molecule has 0 fully saturated rings. The molecule has 4 aromatic rings. The molecular weight excluding hydrogens is 504 g/mol. The minimum atomic E-state index is -0.941. The molecule has 1 amide bonds. The van der Waals surface area contributed by atoms with Crippen molar-refractivity contribution in [3.05, 3.63) is 83.6 Å². The largest absolute Gasteiger partial charge is 0.497 e. The molecule has 0 aliphatic heterocycles. The van der Waals surface area contributed by atoms with E-state index in [9.17, 15) is 14.7 Å². The molecule has 1 aromatic heterocycles. The van der Waals surface area contributed by atoms with Crippen molar-refractivity contribution in [2.45, 2.75) is 37.3 Å². The number of thioether (sulfide) groups is 1. The number of thiazole rings is 1. The molecule has 190 valence electrons. The highest BCUT2D eigenvalue weighted by atomic mass is 32.2. The monoisotopic (exact) mass is 532 g/mol. The van der Waals surface area contributed by atoms with Crippen LogP contribution in [0.3, 0.4) is 0 Å². The van der Waals surface area contributed by atoms with E-state index < -0.39 is 10.7 Å². The molecule has 0 aliphatic carbocycles. The van der Waals surface area contributed by atoms with Gasteiger partial charge in [-0.3, -0.25) is 9.59 Å². The minimum absolute atomic E-state index is 0.285. The van der Waals surface area contributed by atoms with Crippen LogP contribution in [0.2, 0.25) is 0 Å². The number of ether oxygens (including phenoxy) is 1. The lowest BCUT2D eigenvalue weighted by Gasteiger charge is -2.18. The second-order valence-electron chi connectivity index (χ2n) is 9.12. The number of aryl methyl sites for hydroxylation is 2. The average Bonchev–Trinajstić information content (AvgIpc) is 3.32. The number of amides is 1. The summed E-state index contributed by atoms with van der Waals surface area (Å²) >= 11 is 2.72. The number of hydrogen-bond acceptors (Lipinski definition) is 6. The van der Waals surface area contributed by atoms with Crippen LogP contribution >= 0.6 is 23.1 Å². The number of aromatic nitrogens is 1. The van der Waals surface area contributed by atoms with Crippen molar-refractivity contribution in [3.63, 3.8) is 0 Å². The lowest BCUT2D eigenvalue weighted by molar-refractivity contribution is -0.138. The molecule has 8 heteroatoms. The van der Waals surface area contributed by atoms with Crippen LogP contribution in [0.15, 0.2) is 71.6 Å². The summed E-state index contributed by atoms with van der Waals surface area (Å²) in [6.45, 7) is 7.39. The summed E-state index contributed by atoms with van der Waals surface area (Å²) in [5, 5.41) is 13.1. The minimum Gasteiger partial charge on any atom is -0.497 e. The number of benzene rings is 3. The third-order valence-electron chi connectivity index (χ3n) is 5.95. The molecule has 3 aromatic carbocycles. The molecule has 0 atom stereocenters. The molecule has 2 N–H and O–H groups in total. The Balaban J connectivity index is 1.69. The first-order valence-corrected chi connectivity index (χ1v) is 13.3. The van der Waals surface area contributed by atoms with Gasteiger partial charge >= 0.3 is 5.97 Å². The zero-order chi connectivity index (χ0) is 26.7. The van der Waals surface area contributed by atoms with E-state index in [-0.39, 0.29) is 5.91 Å². The molecule has 0 aliphatic rings. The van der Waals surface area contributed by atoms with Gasteiger partial charge in [-0.15, -0.1) is 23.1 Å². The zero-order valence-electron chi connectivity index (χ0n) is 21.3. The van der Waals surface area contributed by atoms with Gasteiger partial charge < -0.3 is 15.2 Å². The summed E-state index contributed by atoms with van der Waals surface area (Å²) in [4.78, 5) is 31.2. The van der Waals surface area contributed by atoms with Gasteiger partial charge in [0, 0.05) is 16.1 Å². The fraction of sp³-hybridized carbons (Fsp3) is 0.207. The Bertz CT molecular complexity index is 1440. The number of nitrogens with zero attached hydrogens (tertiary/aromatic N) is 1. The molecule has 0 unspecified atom stereocenters. The lowest BCUT2D eigenvalue weighted by atomic mass is 10.1. The third kappa shape index (κ3) is 6.03. The van der Waals surface area contributed by atoms with Gasteiger partial charge in [-0.05, 0) is 92.9 Å². The van der Waals surface area contributed by atoms with Gasteiger partial charge in [-0.25, -0.2) is 4.98 Å². The third-order valence-corrected chi connectivity index (χ3v) is 8.29. The first-order chi connectivity index (χ1) is 17.6. The summed E-state index contributed by atoms with van der Waals surface area (Å²) < 4.78 is 4.35. The number of nitrogens with one attached hydrogen (secondary N) is 1. The Hall–Kier alpha value is -3.62. The number of carboxylic acids is 1. The van der Waals surface area contributed by atoms with Gasteiger partial charge in [0.1, 0.15) is 21.2 Å². The van der Waals surface area contributed by atoms with Gasteiger partial charge in [0.15, 0.2) is 0 Å². The van der Waals surface area contributed by atoms with E-state index in [1.54, 1.807) is 21.0 Å². The number of carbonyl (C=O) groups excluding carboxylic acids is 1. The van der Waals surface area contributed by atoms with Crippen molar-refractivity contribution in [3.8, 4) is 26.8 Å². The summed E-state index contributed by atoms with van der Waals surface area (Å²) in [5.41, 5.74) is 5.02. The van der Waals surface area contributed by atoms with Crippen LogP contribution in [0, 0.1) is 13.8 Å². The van der Waals surface area contributed by atoms with Crippen LogP contribution in [0.1, 0.15) is 35.5 Å². The van der Waals surface area contributed by atoms with Crippen molar-refractivity contribution >= 4 is 40.7 Å². The van der Waals surface area contributed by atoms with Gasteiger partial charge in [0.25, 0.3) is 5.91 Å². The number of carboxylic acid groups (broad SMARTS) is 1. The Morgan fingerprint density at radius 3 is 2.19 bits per heavy atom. The smallest absolute Gasteiger partial charge is 0.319 e. The Kier molecular flexibility index (Phi) is 7.71. The zero-order valence-corrected chi connectivity index (χ0v) is 22.9. The molecule has 0 bridgehead atoms. The van der Waals surface area contributed by atoms with Crippen LogP contribution in [-0.4, -0.2) is 33.8 Å². The molecule has 6 nitrogen and oxygen atoms in total. The van der Waals surface area contributed by atoms with Crippen LogP contribution in [0.4, 0.5) is 5.69 Å². The van der Waals surface area contributed by atoms with Crippen molar-refractivity contribution in [2.24, 2.45) is 0 Å². The van der Waals surface area contributed by atoms with Crippen LogP contribution < -0.4 is 10.1 Å². The van der Waals surface area contributed by atoms with Crippen LogP contribution in [-0.2, 0) is 4.79 Å². The topological polar surface area (TPSA) is 88.5 Å². The normalized spacial score (nSPS) is 11.3. The number of aliphatic carboxylic acids is 1. The van der Waals surface area contributed by atoms with Gasteiger partial charge in [0.05, 0.1) is 12.0 Å². The van der Waals surface area contributed by atoms with Gasteiger partial charge in [-0.2, -0.15) is 0 Å². The molecular formula is C29H28N2O4S2. The summed E-state index contributed by atoms with van der Waals surface area (Å²) in [5.74, 6) is -0.427. The van der Waals surface area contributed by atoms with Crippen LogP contribution in [0.5, 0.6) is 5.75 Å². The van der Waals surface area contributed by atoms with E-state index >= 15 is 0 Å². The predicted octanol–water partition coefficient (Wildman–Crippen LogP) is 7.31. The second-order valence-corrected chi connectivity index (χ2v) is 11.8. The predicted molar refractivity (Wildman–Crippen MR) is 151 cm³/mol. The fourth-order valence-corrected chi connectivity index (χ4v) is 5.57. The Morgan fingerprint density at radius 1 is 0.946 bits per heavy atom. The van der Waals surface area contributed by atoms with Crippen molar-refractivity contribution < 1.29 is 19.4 Å². The maximum absolute atomic E-state index is 13.4. The molecule has 0 saturated heterocycles. The summed E-state index contributed by atoms with van der Waals surface area (Å²) in [6, 6.07) is 20.9. The number of hydrogen-bond donors (Lipinski definition) is 2. The highest BCUT2D eigenvalue weighted by Gasteiger charge is 2.28. The van der Waals surface area contributed by atoms with E-state index in [1.165, 1.54) is 23.1 Å². The standard InChI is InChI=1S/C29H28N2O4S2/c1-17-6-11-21(16-18(17)2)30-26(32)24-25(19-7-12-22(35-5)13-8-19)36-27(31-24)20-9-14-23(15-10-20)37-29(3,4)28(33)34/h6-16H,1-5H3,(H,30,32)(H,33,34). The summed E-state index contributed by atoms with van der Waals surface area (Å²) in [6.07, 6.45) is 0. The number of methoxy groups -OCH3 is 1. The number of rotatable bonds is 8. The summed E-state index contributed by atoms with van der Waals surface area (Å²) in [7, 11) is 1.61. The Morgan fingerprint density at radius 2 is 1.59 bits per heavy atom. The fourth-order valence-electron chi connectivity index (χ4n) is 3.55. The van der Waals surface area contributed by atoms with E-state index in [1.807, 2.05) is 80.6 Å². The van der Waals surface area contributed by atoms with Gasteiger partial charge in [-0.1, -0.05) is 18.2 Å². The Labute approximate surface area is 224 Å². The SMILES string of the molecule is COc1ccc(-c2sc(-c3ccc(SC(C)(C)C(=O)O)cc3)nc2C(=O)Nc2ccc(C)c(C)c2)cc1. The first-order valence-electron chi connectivity index (χ1n) is 11.6. The van der Waals surface area contributed by atoms with Crippen molar-refractivity contribution in [2.75, 3.05) is 12.4 Å². The number of anilines is 1. The molecule has 0 saturated carbocycles. The quantitative estimate of drug-likeness (QED) is 0.231. The van der Waals surface area contributed by atoms with Gasteiger partial charge in [0.2, 0.25) is 0 Å². The molecule has 0 spiro atoms.